The van der Waals surface area contributed by atoms with Crippen LogP contribution in [0.5, 0.6) is 0 Å². The number of hydrazine groups is 1. The van der Waals surface area contributed by atoms with Crippen LogP contribution in [0.3, 0.4) is 0 Å². The predicted molar refractivity (Wildman–Crippen MR) is 72.9 cm³/mol. The first kappa shape index (κ1) is 13.3. The van der Waals surface area contributed by atoms with Crippen LogP contribution in [0.4, 0.5) is 0 Å². The molecule has 0 aromatic heterocycles. The fourth-order valence-electron chi connectivity index (χ4n) is 3.67. The molecule has 1 amide bonds. The van der Waals surface area contributed by atoms with Crippen LogP contribution in [0.2, 0.25) is 0 Å². The van der Waals surface area contributed by atoms with Gasteiger partial charge in [-0.1, -0.05) is 6.42 Å². The molecule has 1 aliphatic carbocycles. The average molecular weight is 267 g/mol. The number of fused-ring (bicyclic) bond motifs is 1. The summed E-state index contributed by atoms with van der Waals surface area (Å²) in [6, 6.07) is 0.973. The van der Waals surface area contributed by atoms with Crippen molar-refractivity contribution in [1.82, 2.24) is 21.5 Å². The van der Waals surface area contributed by atoms with Gasteiger partial charge in [-0.25, -0.2) is 5.43 Å². The van der Waals surface area contributed by atoms with E-state index in [-0.39, 0.29) is 24.0 Å². The molecule has 1 saturated carbocycles. The molecule has 3 rings (SSSR count). The third-order valence-corrected chi connectivity index (χ3v) is 4.68. The van der Waals surface area contributed by atoms with Gasteiger partial charge in [-0.05, 0) is 38.6 Å². The van der Waals surface area contributed by atoms with Crippen molar-refractivity contribution in [3.63, 3.8) is 0 Å². The van der Waals surface area contributed by atoms with E-state index in [1.54, 1.807) is 0 Å². The second-order valence-corrected chi connectivity index (χ2v) is 6.13. The fraction of sp³-hybridized carbons (Fsp3) is 0.923. The van der Waals surface area contributed by atoms with Gasteiger partial charge in [0.1, 0.15) is 0 Å². The van der Waals surface area contributed by atoms with Crippen LogP contribution < -0.4 is 27.2 Å². The highest BCUT2D eigenvalue weighted by molar-refractivity contribution is 5.80. The number of nitrogens with one attached hydrogen (secondary N) is 4. The van der Waals surface area contributed by atoms with Crippen LogP contribution in [-0.2, 0) is 4.79 Å². The maximum atomic E-state index is 11.9. The number of rotatable bonds is 2. The lowest BCUT2D eigenvalue weighted by atomic mass is 9.85. The lowest BCUT2D eigenvalue weighted by Crippen LogP contribution is -2.72. The molecule has 5 atom stereocenters. The monoisotopic (exact) mass is 267 g/mol. The van der Waals surface area contributed by atoms with E-state index in [0.29, 0.717) is 12.1 Å². The number of carbonyl (C=O) groups excluding carboxylic acids is 1. The molecule has 0 spiro atoms. The van der Waals surface area contributed by atoms with E-state index >= 15 is 0 Å². The Hall–Kier alpha value is -0.690. The molecule has 6 nitrogen and oxygen atoms in total. The largest absolute Gasteiger partial charge is 0.328 e. The smallest absolute Gasteiger partial charge is 0.238 e. The number of hydrogen-bond donors (Lipinski definition) is 5. The summed E-state index contributed by atoms with van der Waals surface area (Å²) >= 11 is 0. The molecule has 6 heteroatoms. The van der Waals surface area contributed by atoms with Gasteiger partial charge in [0.05, 0.1) is 12.1 Å². The maximum Gasteiger partial charge on any atom is 0.238 e. The summed E-state index contributed by atoms with van der Waals surface area (Å²) in [5.41, 5.74) is 12.0. The van der Waals surface area contributed by atoms with E-state index in [1.807, 2.05) is 0 Å². The van der Waals surface area contributed by atoms with Crippen molar-refractivity contribution < 1.29 is 4.79 Å². The molecule has 6 N–H and O–H groups in total. The SMILES string of the molecule is NC1CCCC(NC2NNC(=O)C3CCCNC23)C1. The Labute approximate surface area is 114 Å². The molecule has 3 aliphatic rings. The number of hydrogen-bond acceptors (Lipinski definition) is 5. The van der Waals surface area contributed by atoms with Gasteiger partial charge >= 0.3 is 0 Å². The minimum Gasteiger partial charge on any atom is -0.328 e. The van der Waals surface area contributed by atoms with Crippen molar-refractivity contribution >= 4 is 5.91 Å². The highest BCUT2D eigenvalue weighted by Gasteiger charge is 2.40. The summed E-state index contributed by atoms with van der Waals surface area (Å²) in [5, 5.41) is 7.12. The van der Waals surface area contributed by atoms with E-state index in [0.717, 1.165) is 32.2 Å². The van der Waals surface area contributed by atoms with E-state index in [2.05, 4.69) is 21.5 Å². The van der Waals surface area contributed by atoms with Gasteiger partial charge < -0.3 is 11.1 Å². The van der Waals surface area contributed by atoms with Crippen molar-refractivity contribution in [3.05, 3.63) is 0 Å². The van der Waals surface area contributed by atoms with E-state index in [9.17, 15) is 4.79 Å². The fourth-order valence-corrected chi connectivity index (χ4v) is 3.67. The zero-order chi connectivity index (χ0) is 13.2. The molecule has 2 aliphatic heterocycles. The van der Waals surface area contributed by atoms with Crippen molar-refractivity contribution in [2.24, 2.45) is 11.7 Å². The Balaban J connectivity index is 1.61. The molecular weight excluding hydrogens is 242 g/mol. The van der Waals surface area contributed by atoms with Crippen LogP contribution in [-0.4, -0.2) is 36.7 Å². The summed E-state index contributed by atoms with van der Waals surface area (Å²) in [5.74, 6) is 0.209. The lowest BCUT2D eigenvalue weighted by molar-refractivity contribution is -0.132. The highest BCUT2D eigenvalue weighted by Crippen LogP contribution is 2.23. The first-order valence-electron chi connectivity index (χ1n) is 7.54. The Kier molecular flexibility index (Phi) is 4.02. The highest BCUT2D eigenvalue weighted by atomic mass is 16.2. The summed E-state index contributed by atoms with van der Waals surface area (Å²) in [7, 11) is 0. The second kappa shape index (κ2) is 5.75. The maximum absolute atomic E-state index is 11.9. The van der Waals surface area contributed by atoms with E-state index in [4.69, 9.17) is 5.73 Å². The Morgan fingerprint density at radius 2 is 2.11 bits per heavy atom. The number of carbonyl (C=O) groups is 1. The van der Waals surface area contributed by atoms with Gasteiger partial charge in [0.15, 0.2) is 0 Å². The minimum absolute atomic E-state index is 0.0877. The lowest BCUT2D eigenvalue weighted by Gasteiger charge is -2.44. The molecule has 3 fully saturated rings. The Morgan fingerprint density at radius 1 is 1.21 bits per heavy atom. The van der Waals surface area contributed by atoms with Crippen LogP contribution in [0, 0.1) is 5.92 Å². The van der Waals surface area contributed by atoms with Crippen molar-refractivity contribution in [1.29, 1.82) is 0 Å². The first-order chi connectivity index (χ1) is 9.24. The predicted octanol–water partition coefficient (Wildman–Crippen LogP) is -0.825. The van der Waals surface area contributed by atoms with Crippen LogP contribution in [0.15, 0.2) is 0 Å². The van der Waals surface area contributed by atoms with Gasteiger partial charge in [0.2, 0.25) is 5.91 Å². The second-order valence-electron chi connectivity index (χ2n) is 6.13. The molecule has 2 saturated heterocycles. The van der Waals surface area contributed by atoms with Gasteiger partial charge in [-0.15, -0.1) is 0 Å². The normalized spacial score (nSPS) is 43.4. The molecule has 0 bridgehead atoms. The quantitative estimate of drug-likeness (QED) is 0.451. The van der Waals surface area contributed by atoms with Crippen molar-refractivity contribution in [2.75, 3.05) is 6.54 Å². The Bertz CT molecular complexity index is 337. The van der Waals surface area contributed by atoms with E-state index in [1.165, 1.54) is 12.8 Å². The molecule has 0 aromatic rings. The molecule has 5 unspecified atom stereocenters. The minimum atomic E-state index is 0.0877. The average Bonchev–Trinajstić information content (AvgIpc) is 2.42. The van der Waals surface area contributed by atoms with Crippen LogP contribution in [0.25, 0.3) is 0 Å². The third kappa shape index (κ3) is 2.91. The van der Waals surface area contributed by atoms with Gasteiger partial charge in [-0.3, -0.25) is 15.5 Å². The molecule has 108 valence electrons. The third-order valence-electron chi connectivity index (χ3n) is 4.68. The summed E-state index contributed by atoms with van der Waals surface area (Å²) in [6.07, 6.45) is 6.71. The topological polar surface area (TPSA) is 91.2 Å². The summed E-state index contributed by atoms with van der Waals surface area (Å²) < 4.78 is 0. The summed E-state index contributed by atoms with van der Waals surface area (Å²) in [4.78, 5) is 11.9. The van der Waals surface area contributed by atoms with Crippen molar-refractivity contribution in [3.8, 4) is 0 Å². The number of piperidine rings is 1. The van der Waals surface area contributed by atoms with Crippen LogP contribution >= 0.6 is 0 Å². The Morgan fingerprint density at radius 3 is 2.95 bits per heavy atom. The van der Waals surface area contributed by atoms with Gasteiger partial charge in [0, 0.05) is 18.1 Å². The first-order valence-corrected chi connectivity index (χ1v) is 7.54. The van der Waals surface area contributed by atoms with Crippen LogP contribution in [0.1, 0.15) is 38.5 Å². The van der Waals surface area contributed by atoms with Crippen molar-refractivity contribution in [2.45, 2.75) is 62.8 Å². The summed E-state index contributed by atoms with van der Waals surface area (Å²) in [6.45, 7) is 0.998. The van der Waals surface area contributed by atoms with Gasteiger partial charge in [0.25, 0.3) is 0 Å². The van der Waals surface area contributed by atoms with E-state index < -0.39 is 0 Å². The molecule has 19 heavy (non-hydrogen) atoms. The number of nitrogens with two attached hydrogens (primary N) is 1. The zero-order valence-corrected chi connectivity index (χ0v) is 11.3. The molecule has 2 heterocycles. The standard InChI is InChI=1S/C13H25N5O/c14-8-3-1-4-9(7-8)16-12-11-10(5-2-6-15-11)13(19)18-17-12/h8-12,15-17H,1-7,14H2,(H,18,19). The molecular formula is C13H25N5O. The molecule has 0 aromatic carbocycles. The number of amides is 1. The van der Waals surface area contributed by atoms with Gasteiger partial charge in [-0.2, -0.15) is 0 Å². The zero-order valence-electron chi connectivity index (χ0n) is 11.3. The molecule has 0 radical (unpaired) electrons.